The van der Waals surface area contributed by atoms with Crippen molar-refractivity contribution in [1.82, 2.24) is 20.3 Å². The molecule has 0 aliphatic carbocycles. The molecule has 0 fully saturated rings. The molecule has 5 heteroatoms. The first-order valence-electron chi connectivity index (χ1n) is 8.47. The molecule has 1 aliphatic rings. The van der Waals surface area contributed by atoms with Gasteiger partial charge >= 0.3 is 0 Å². The lowest BCUT2D eigenvalue weighted by molar-refractivity contribution is 0.313. The summed E-state index contributed by atoms with van der Waals surface area (Å²) in [7, 11) is 0. The third kappa shape index (κ3) is 2.36. The Morgan fingerprint density at radius 1 is 1.29 bits per heavy atom. The van der Waals surface area contributed by atoms with Crippen LogP contribution in [0.1, 0.15) is 36.0 Å². The van der Waals surface area contributed by atoms with Crippen molar-refractivity contribution >= 4 is 10.9 Å². The van der Waals surface area contributed by atoms with E-state index in [1.165, 1.54) is 5.69 Å². The normalized spacial score (nSPS) is 20.2. The number of hydrogen-bond donors (Lipinski definition) is 3. The van der Waals surface area contributed by atoms with Crippen LogP contribution < -0.4 is 10.7 Å². The average Bonchev–Trinajstić information content (AvgIpc) is 3.05. The molecule has 1 aromatic carbocycles. The molecule has 4 rings (SSSR count). The maximum atomic E-state index is 12.9. The van der Waals surface area contributed by atoms with Crippen LogP contribution in [-0.2, 0) is 18.4 Å². The molecule has 3 heterocycles. The summed E-state index contributed by atoms with van der Waals surface area (Å²) in [5.41, 5.74) is 4.98. The Hall–Kier alpha value is -2.40. The molecule has 1 aliphatic heterocycles. The predicted molar refractivity (Wildman–Crippen MR) is 95.3 cm³/mol. The fraction of sp³-hybridized carbons (Fsp3) is 0.368. The highest BCUT2D eigenvalue weighted by Gasteiger charge is 2.34. The van der Waals surface area contributed by atoms with Gasteiger partial charge in [-0.25, -0.2) is 4.98 Å². The minimum Gasteiger partial charge on any atom is -0.358 e. The summed E-state index contributed by atoms with van der Waals surface area (Å²) in [5.74, 6) is 0. The van der Waals surface area contributed by atoms with Crippen LogP contribution >= 0.6 is 0 Å². The summed E-state index contributed by atoms with van der Waals surface area (Å²) in [4.78, 5) is 24.0. The molecule has 24 heavy (non-hydrogen) atoms. The molecule has 124 valence electrons. The van der Waals surface area contributed by atoms with Gasteiger partial charge in [0.2, 0.25) is 0 Å². The molecule has 0 saturated carbocycles. The van der Waals surface area contributed by atoms with Crippen molar-refractivity contribution in [1.29, 1.82) is 0 Å². The molecule has 2 aromatic heterocycles. The van der Waals surface area contributed by atoms with Gasteiger partial charge in [-0.15, -0.1) is 0 Å². The number of aromatic nitrogens is 3. The van der Waals surface area contributed by atoms with Crippen molar-refractivity contribution in [2.75, 3.05) is 6.54 Å². The Bertz CT molecular complexity index is 955. The lowest BCUT2D eigenvalue weighted by Crippen LogP contribution is -2.45. The van der Waals surface area contributed by atoms with Crippen LogP contribution in [0.5, 0.6) is 0 Å². The second kappa shape index (κ2) is 5.60. The Morgan fingerprint density at radius 3 is 3.00 bits per heavy atom. The Kier molecular flexibility index (Phi) is 3.53. The van der Waals surface area contributed by atoms with Crippen molar-refractivity contribution in [2.24, 2.45) is 0 Å². The largest absolute Gasteiger partial charge is 0.358 e. The molecule has 1 atom stereocenters. The second-order valence-corrected chi connectivity index (χ2v) is 6.84. The van der Waals surface area contributed by atoms with Crippen LogP contribution in [0.4, 0.5) is 0 Å². The van der Waals surface area contributed by atoms with Crippen LogP contribution in [0, 0.1) is 6.92 Å². The number of aromatic amines is 2. The third-order valence-corrected chi connectivity index (χ3v) is 5.23. The number of fused-ring (bicyclic) bond motifs is 2. The highest BCUT2D eigenvalue weighted by Crippen LogP contribution is 2.30. The van der Waals surface area contributed by atoms with Crippen molar-refractivity contribution in [2.45, 2.75) is 38.6 Å². The Morgan fingerprint density at radius 2 is 2.12 bits per heavy atom. The van der Waals surface area contributed by atoms with Gasteiger partial charge in [0, 0.05) is 40.8 Å². The van der Waals surface area contributed by atoms with Crippen LogP contribution in [0.2, 0.25) is 0 Å². The van der Waals surface area contributed by atoms with Crippen molar-refractivity contribution in [3.05, 3.63) is 63.5 Å². The molecule has 0 radical (unpaired) electrons. The van der Waals surface area contributed by atoms with E-state index in [-0.39, 0.29) is 11.0 Å². The number of nitrogens with zero attached hydrogens (tertiary/aromatic N) is 1. The maximum Gasteiger partial charge on any atom is 0.192 e. The summed E-state index contributed by atoms with van der Waals surface area (Å²) in [6.45, 7) is 5.09. The van der Waals surface area contributed by atoms with Crippen LogP contribution in [0.25, 0.3) is 10.9 Å². The van der Waals surface area contributed by atoms with Crippen LogP contribution in [0.15, 0.2) is 35.4 Å². The zero-order chi connectivity index (χ0) is 16.7. The van der Waals surface area contributed by atoms with Gasteiger partial charge in [-0.1, -0.05) is 12.1 Å². The number of pyridine rings is 1. The van der Waals surface area contributed by atoms with Crippen molar-refractivity contribution in [3.8, 4) is 0 Å². The summed E-state index contributed by atoms with van der Waals surface area (Å²) >= 11 is 0. The summed E-state index contributed by atoms with van der Waals surface area (Å²) in [5, 5.41) is 4.35. The molecule has 3 aromatic rings. The van der Waals surface area contributed by atoms with E-state index in [1.807, 2.05) is 31.2 Å². The molecule has 3 N–H and O–H groups in total. The topological polar surface area (TPSA) is 73.6 Å². The van der Waals surface area contributed by atoms with E-state index < -0.39 is 0 Å². The summed E-state index contributed by atoms with van der Waals surface area (Å²) < 4.78 is 0. The van der Waals surface area contributed by atoms with Gasteiger partial charge in [-0.05, 0) is 38.8 Å². The van der Waals surface area contributed by atoms with Gasteiger partial charge in [0.25, 0.3) is 0 Å². The number of para-hydroxylation sites is 1. The quantitative estimate of drug-likeness (QED) is 0.694. The van der Waals surface area contributed by atoms with E-state index in [1.54, 1.807) is 6.33 Å². The SMILES string of the molecule is Cc1[nH]c2ccccc2c(=O)c1CCC1(C)NCCc2[nH]cnc21. The molecule has 5 nitrogen and oxygen atoms in total. The lowest BCUT2D eigenvalue weighted by atomic mass is 9.85. The number of H-pyrrole nitrogens is 2. The van der Waals surface area contributed by atoms with E-state index in [2.05, 4.69) is 27.2 Å². The molecule has 0 bridgehead atoms. The monoisotopic (exact) mass is 322 g/mol. The standard InChI is InChI=1S/C19H22N4O/c1-12-13(17(24)14-5-3-4-6-15(14)23-12)7-9-19(2)18-16(8-10-22-19)20-11-21-18/h3-6,11,22H,7-10H2,1-2H3,(H,20,21)(H,23,24). The van der Waals surface area contributed by atoms with Gasteiger partial charge in [-0.2, -0.15) is 0 Å². The molecule has 0 amide bonds. The predicted octanol–water partition coefficient (Wildman–Crippen LogP) is 2.55. The maximum absolute atomic E-state index is 12.9. The van der Waals surface area contributed by atoms with Crippen LogP contribution in [0.3, 0.4) is 0 Å². The van der Waals surface area contributed by atoms with E-state index in [4.69, 9.17) is 0 Å². The minimum absolute atomic E-state index is 0.142. The van der Waals surface area contributed by atoms with Crippen molar-refractivity contribution < 1.29 is 0 Å². The van der Waals surface area contributed by atoms with Gasteiger partial charge in [0.05, 0.1) is 17.6 Å². The Balaban J connectivity index is 1.68. The number of imidazole rings is 1. The minimum atomic E-state index is -0.196. The average molecular weight is 322 g/mol. The smallest absolute Gasteiger partial charge is 0.192 e. The molecular weight excluding hydrogens is 300 g/mol. The fourth-order valence-electron chi connectivity index (χ4n) is 3.82. The van der Waals surface area contributed by atoms with E-state index in [0.717, 1.165) is 53.7 Å². The van der Waals surface area contributed by atoms with E-state index in [9.17, 15) is 4.79 Å². The lowest BCUT2D eigenvalue weighted by Gasteiger charge is -2.34. The highest BCUT2D eigenvalue weighted by molar-refractivity contribution is 5.79. The zero-order valence-corrected chi connectivity index (χ0v) is 14.1. The molecular formula is C19H22N4O. The zero-order valence-electron chi connectivity index (χ0n) is 14.1. The van der Waals surface area contributed by atoms with Gasteiger partial charge in [-0.3, -0.25) is 4.79 Å². The molecule has 0 saturated heterocycles. The summed E-state index contributed by atoms with van der Waals surface area (Å²) in [6, 6.07) is 7.71. The number of hydrogen-bond acceptors (Lipinski definition) is 3. The first-order valence-corrected chi connectivity index (χ1v) is 8.47. The summed E-state index contributed by atoms with van der Waals surface area (Å²) in [6.07, 6.45) is 4.30. The van der Waals surface area contributed by atoms with Gasteiger partial charge in [0.15, 0.2) is 5.43 Å². The first-order chi connectivity index (χ1) is 11.6. The first kappa shape index (κ1) is 15.1. The van der Waals surface area contributed by atoms with E-state index in [0.29, 0.717) is 0 Å². The number of benzene rings is 1. The third-order valence-electron chi connectivity index (χ3n) is 5.23. The number of aryl methyl sites for hydroxylation is 1. The van der Waals surface area contributed by atoms with Crippen molar-refractivity contribution in [3.63, 3.8) is 0 Å². The van der Waals surface area contributed by atoms with Gasteiger partial charge < -0.3 is 15.3 Å². The number of nitrogens with one attached hydrogen (secondary N) is 3. The second-order valence-electron chi connectivity index (χ2n) is 6.84. The van der Waals surface area contributed by atoms with Gasteiger partial charge in [0.1, 0.15) is 0 Å². The van der Waals surface area contributed by atoms with Crippen LogP contribution in [-0.4, -0.2) is 21.5 Å². The number of rotatable bonds is 3. The van der Waals surface area contributed by atoms with E-state index >= 15 is 0 Å². The highest BCUT2D eigenvalue weighted by atomic mass is 16.1. The fourth-order valence-corrected chi connectivity index (χ4v) is 3.82. The molecule has 1 unspecified atom stereocenters. The Labute approximate surface area is 140 Å². The molecule has 0 spiro atoms.